The van der Waals surface area contributed by atoms with Gasteiger partial charge in [-0.1, -0.05) is 19.1 Å². The minimum absolute atomic E-state index is 0.229. The van der Waals surface area contributed by atoms with E-state index < -0.39 is 11.4 Å². The molecule has 0 fully saturated rings. The van der Waals surface area contributed by atoms with Crippen molar-refractivity contribution in [3.05, 3.63) is 36.1 Å². The first-order valence-corrected chi connectivity index (χ1v) is 8.54. The number of fused-ring (bicyclic) bond motifs is 1. The van der Waals surface area contributed by atoms with Crippen LogP contribution in [0.15, 0.2) is 34.9 Å². The molecule has 0 radical (unpaired) electrons. The van der Waals surface area contributed by atoms with Crippen molar-refractivity contribution < 1.29 is 8.97 Å². The van der Waals surface area contributed by atoms with Crippen LogP contribution in [-0.4, -0.2) is 26.7 Å². The molecule has 0 aliphatic carbocycles. The third-order valence-electron chi connectivity index (χ3n) is 3.76. The Kier molecular flexibility index (Phi) is 5.02. The number of benzene rings is 1. The standard InChI is InChI=1S/C17H25NO2S/c1-6-15(18(5)21(19)17(2,3)4)11-13-7-8-14-9-10-20-16(14)12-13/h7-10,12,15H,6,11H2,1-5H3/t15-,21-/m0/s1. The molecule has 3 nitrogen and oxygen atoms in total. The van der Waals surface area contributed by atoms with Crippen LogP contribution in [0.2, 0.25) is 0 Å². The van der Waals surface area contributed by atoms with Crippen LogP contribution < -0.4 is 0 Å². The van der Waals surface area contributed by atoms with Gasteiger partial charge in [0.25, 0.3) is 0 Å². The number of hydrogen-bond donors (Lipinski definition) is 0. The maximum Gasteiger partial charge on any atom is 0.137 e. The topological polar surface area (TPSA) is 39.4 Å². The molecule has 2 atom stereocenters. The monoisotopic (exact) mass is 307 g/mol. The van der Waals surface area contributed by atoms with Crippen LogP contribution in [0.5, 0.6) is 0 Å². The maximum absolute atomic E-state index is 12.5. The molecule has 0 amide bonds. The molecule has 0 N–H and O–H groups in total. The molecule has 0 bridgehead atoms. The van der Waals surface area contributed by atoms with Gasteiger partial charge < -0.3 is 8.97 Å². The van der Waals surface area contributed by atoms with Crippen LogP contribution in [0.3, 0.4) is 0 Å². The van der Waals surface area contributed by atoms with Gasteiger partial charge in [-0.15, -0.1) is 4.31 Å². The zero-order valence-corrected chi connectivity index (χ0v) is 14.4. The van der Waals surface area contributed by atoms with Crippen LogP contribution in [0, 0.1) is 0 Å². The van der Waals surface area contributed by atoms with Crippen molar-refractivity contribution >= 4 is 22.3 Å². The number of hydrogen-bond acceptors (Lipinski definition) is 3. The lowest BCUT2D eigenvalue weighted by Crippen LogP contribution is -2.46. The first kappa shape index (κ1) is 16.4. The Labute approximate surface area is 130 Å². The number of rotatable bonds is 5. The molecule has 21 heavy (non-hydrogen) atoms. The molecule has 0 aliphatic heterocycles. The average molecular weight is 307 g/mol. The predicted molar refractivity (Wildman–Crippen MR) is 89.7 cm³/mol. The molecule has 0 unspecified atom stereocenters. The number of nitrogens with zero attached hydrogens (tertiary/aromatic N) is 1. The third kappa shape index (κ3) is 3.82. The van der Waals surface area contributed by atoms with E-state index in [1.54, 1.807) is 6.26 Å². The highest BCUT2D eigenvalue weighted by molar-refractivity contribution is 7.90. The van der Waals surface area contributed by atoms with Gasteiger partial charge in [0.05, 0.1) is 12.3 Å². The van der Waals surface area contributed by atoms with Gasteiger partial charge in [-0.05, 0) is 51.3 Å². The van der Waals surface area contributed by atoms with Gasteiger partial charge in [0.1, 0.15) is 10.3 Å². The second-order valence-electron chi connectivity index (χ2n) is 6.47. The molecule has 1 heterocycles. The summed E-state index contributed by atoms with van der Waals surface area (Å²) in [7, 11) is 1.96. The molecule has 2 aromatic rings. The van der Waals surface area contributed by atoms with E-state index in [-0.39, 0.29) is 10.8 Å². The molecular weight excluding hydrogens is 282 g/mol. The first-order chi connectivity index (χ1) is 9.82. The average Bonchev–Trinajstić information content (AvgIpc) is 2.89. The SMILES string of the molecule is CC[C@@H](Cc1ccc2ccoc2c1)N(C)[S@@+]([O-])C(C)(C)C. The largest absolute Gasteiger partial charge is 0.598 e. The van der Waals surface area contributed by atoms with Crippen molar-refractivity contribution in [1.82, 2.24) is 4.31 Å². The molecule has 1 aromatic carbocycles. The summed E-state index contributed by atoms with van der Waals surface area (Å²) >= 11 is -0.995. The van der Waals surface area contributed by atoms with Gasteiger partial charge in [-0.25, -0.2) is 0 Å². The molecule has 0 spiro atoms. The van der Waals surface area contributed by atoms with Crippen LogP contribution in [0.25, 0.3) is 11.0 Å². The molecule has 2 rings (SSSR count). The fraction of sp³-hybridized carbons (Fsp3) is 0.529. The molecule has 0 aliphatic rings. The normalized spacial score (nSPS) is 15.6. The van der Waals surface area contributed by atoms with E-state index in [9.17, 15) is 4.55 Å². The zero-order chi connectivity index (χ0) is 15.6. The smallest absolute Gasteiger partial charge is 0.137 e. The van der Waals surface area contributed by atoms with Crippen molar-refractivity contribution in [3.8, 4) is 0 Å². The summed E-state index contributed by atoms with van der Waals surface area (Å²) in [5.74, 6) is 0. The van der Waals surface area contributed by atoms with Crippen LogP contribution >= 0.6 is 0 Å². The zero-order valence-electron chi connectivity index (χ0n) is 13.6. The van der Waals surface area contributed by atoms with Gasteiger partial charge in [0, 0.05) is 23.8 Å². The van der Waals surface area contributed by atoms with Gasteiger partial charge in [-0.2, -0.15) is 0 Å². The Morgan fingerprint density at radius 3 is 2.62 bits per heavy atom. The second kappa shape index (κ2) is 6.42. The quantitative estimate of drug-likeness (QED) is 0.779. The highest BCUT2D eigenvalue weighted by atomic mass is 32.2. The van der Waals surface area contributed by atoms with E-state index in [0.29, 0.717) is 0 Å². The minimum atomic E-state index is -0.995. The summed E-state index contributed by atoms with van der Waals surface area (Å²) in [6.45, 7) is 8.19. The van der Waals surface area contributed by atoms with Crippen LogP contribution in [0.1, 0.15) is 39.7 Å². The Morgan fingerprint density at radius 1 is 1.29 bits per heavy atom. The van der Waals surface area contributed by atoms with Crippen molar-refractivity contribution in [2.45, 2.75) is 51.3 Å². The maximum atomic E-state index is 12.5. The van der Waals surface area contributed by atoms with Crippen molar-refractivity contribution in [2.24, 2.45) is 0 Å². The van der Waals surface area contributed by atoms with Crippen molar-refractivity contribution in [3.63, 3.8) is 0 Å². The van der Waals surface area contributed by atoms with E-state index in [1.165, 1.54) is 5.56 Å². The highest BCUT2D eigenvalue weighted by Gasteiger charge is 2.34. The number of likely N-dealkylation sites (N-methyl/N-ethyl adjacent to an activating group) is 1. The van der Waals surface area contributed by atoms with Gasteiger partial charge >= 0.3 is 0 Å². The summed E-state index contributed by atoms with van der Waals surface area (Å²) in [5, 5.41) is 1.12. The lowest BCUT2D eigenvalue weighted by Gasteiger charge is -2.34. The summed E-state index contributed by atoms with van der Waals surface area (Å²) in [6, 6.07) is 8.54. The molecule has 1 aromatic heterocycles. The van der Waals surface area contributed by atoms with Gasteiger partial charge in [0.2, 0.25) is 0 Å². The molecular formula is C17H25NO2S. The van der Waals surface area contributed by atoms with E-state index in [0.717, 1.165) is 23.8 Å². The van der Waals surface area contributed by atoms with Crippen molar-refractivity contribution in [1.29, 1.82) is 0 Å². The van der Waals surface area contributed by atoms with Crippen LogP contribution in [-0.2, 0) is 17.8 Å². The Bertz CT molecular complexity index is 588. The highest BCUT2D eigenvalue weighted by Crippen LogP contribution is 2.25. The number of furan rings is 1. The third-order valence-corrected chi connectivity index (χ3v) is 5.63. The predicted octanol–water partition coefficient (Wildman–Crippen LogP) is 4.15. The molecule has 4 heteroatoms. The second-order valence-corrected chi connectivity index (χ2v) is 8.77. The fourth-order valence-corrected chi connectivity index (χ4v) is 3.85. The Morgan fingerprint density at radius 2 is 2.00 bits per heavy atom. The summed E-state index contributed by atoms with van der Waals surface area (Å²) in [5.41, 5.74) is 2.14. The van der Waals surface area contributed by atoms with E-state index in [4.69, 9.17) is 4.42 Å². The minimum Gasteiger partial charge on any atom is -0.598 e. The summed E-state index contributed by atoms with van der Waals surface area (Å²) in [6.07, 6.45) is 3.56. The summed E-state index contributed by atoms with van der Waals surface area (Å²) < 4.78 is 19.8. The van der Waals surface area contributed by atoms with E-state index in [1.807, 2.05) is 38.2 Å². The van der Waals surface area contributed by atoms with Crippen LogP contribution in [0.4, 0.5) is 0 Å². The molecule has 0 saturated heterocycles. The molecule has 116 valence electrons. The van der Waals surface area contributed by atoms with Gasteiger partial charge in [-0.3, -0.25) is 0 Å². The lowest BCUT2D eigenvalue weighted by atomic mass is 10.0. The summed E-state index contributed by atoms with van der Waals surface area (Å²) in [4.78, 5) is 0. The van der Waals surface area contributed by atoms with E-state index >= 15 is 0 Å². The lowest BCUT2D eigenvalue weighted by molar-refractivity contribution is 0.345. The fourth-order valence-electron chi connectivity index (χ4n) is 2.50. The molecule has 0 saturated carbocycles. The van der Waals surface area contributed by atoms with Gasteiger partial charge in [0.15, 0.2) is 0 Å². The first-order valence-electron chi connectivity index (χ1n) is 7.44. The Hall–Kier alpha value is -0.970. The Balaban J connectivity index is 2.14. The van der Waals surface area contributed by atoms with E-state index in [2.05, 4.69) is 25.1 Å². The van der Waals surface area contributed by atoms with Crippen molar-refractivity contribution in [2.75, 3.05) is 7.05 Å².